The molecule has 0 fully saturated rings. The minimum Gasteiger partial charge on any atom is -0.487 e. The lowest BCUT2D eigenvalue weighted by atomic mass is 10.1. The van der Waals surface area contributed by atoms with E-state index in [9.17, 15) is 0 Å². The summed E-state index contributed by atoms with van der Waals surface area (Å²) in [6.07, 6.45) is 7.22. The summed E-state index contributed by atoms with van der Waals surface area (Å²) in [6.45, 7) is 5.81. The first-order valence-corrected chi connectivity index (χ1v) is 6.07. The zero-order valence-corrected chi connectivity index (χ0v) is 11.1. The van der Waals surface area contributed by atoms with E-state index in [1.54, 1.807) is 30.3 Å². The zero-order valence-electron chi connectivity index (χ0n) is 11.1. The summed E-state index contributed by atoms with van der Waals surface area (Å²) in [5, 5.41) is 16.8. The largest absolute Gasteiger partial charge is 0.487 e. The molecule has 2 N–H and O–H groups in total. The van der Waals surface area contributed by atoms with Gasteiger partial charge in [0, 0.05) is 0 Å². The zero-order chi connectivity index (χ0) is 14.1. The Kier molecular flexibility index (Phi) is 6.33. The molecule has 0 saturated heterocycles. The molecule has 1 aromatic rings. The molecule has 3 heteroatoms. The Morgan fingerprint density at radius 1 is 1.37 bits per heavy atom. The van der Waals surface area contributed by atoms with E-state index in [0.717, 1.165) is 11.1 Å². The van der Waals surface area contributed by atoms with E-state index < -0.39 is 0 Å². The van der Waals surface area contributed by atoms with Crippen molar-refractivity contribution in [2.75, 3.05) is 6.61 Å². The number of aliphatic hydroxyl groups is 1. The van der Waals surface area contributed by atoms with E-state index in [2.05, 4.69) is 6.58 Å². The van der Waals surface area contributed by atoms with E-state index in [1.807, 2.05) is 25.2 Å². The van der Waals surface area contributed by atoms with Crippen molar-refractivity contribution in [2.45, 2.75) is 13.5 Å². The molecule has 1 aromatic carbocycles. The highest BCUT2D eigenvalue weighted by atomic mass is 16.5. The summed E-state index contributed by atoms with van der Waals surface area (Å²) in [7, 11) is 0. The van der Waals surface area contributed by atoms with Gasteiger partial charge in [-0.15, -0.1) is 0 Å². The molecule has 0 heterocycles. The van der Waals surface area contributed by atoms with Gasteiger partial charge in [-0.3, -0.25) is 0 Å². The van der Waals surface area contributed by atoms with Crippen molar-refractivity contribution in [3.05, 3.63) is 66.3 Å². The maximum absolute atomic E-state index is 8.93. The molecule has 0 aliphatic rings. The van der Waals surface area contributed by atoms with E-state index in [1.165, 1.54) is 0 Å². The molecule has 0 aliphatic heterocycles. The standard InChI is InChI=1S/C16H19NO2/c1-3-5-6-14(4-2)16(17)12-19-15-9-7-13(11-18)8-10-15/h3-10,17-18H,2,11-12H2,1H3/b5-3-,14-6+,17-16?. The van der Waals surface area contributed by atoms with E-state index >= 15 is 0 Å². The third kappa shape index (κ3) is 4.94. The van der Waals surface area contributed by atoms with Crippen molar-refractivity contribution < 1.29 is 9.84 Å². The van der Waals surface area contributed by atoms with Crippen LogP contribution in [0.15, 0.2) is 60.7 Å². The van der Waals surface area contributed by atoms with Gasteiger partial charge in [0.2, 0.25) is 0 Å². The Bertz CT molecular complexity index is 484. The van der Waals surface area contributed by atoms with Gasteiger partial charge in [0.15, 0.2) is 0 Å². The lowest BCUT2D eigenvalue weighted by molar-refractivity contribution is 0.281. The number of benzene rings is 1. The summed E-state index contributed by atoms with van der Waals surface area (Å²) >= 11 is 0. The molecule has 0 amide bonds. The van der Waals surface area contributed by atoms with Crippen LogP contribution in [0.1, 0.15) is 12.5 Å². The molecule has 0 aliphatic carbocycles. The summed E-state index contributed by atoms with van der Waals surface area (Å²) in [5.74, 6) is 0.677. The van der Waals surface area contributed by atoms with Gasteiger partial charge in [0.25, 0.3) is 0 Å². The third-order valence-corrected chi connectivity index (χ3v) is 2.53. The first kappa shape index (κ1) is 14.9. The van der Waals surface area contributed by atoms with Gasteiger partial charge >= 0.3 is 0 Å². The molecule has 1 rings (SSSR count). The number of nitrogens with one attached hydrogen (secondary N) is 1. The second-order valence-electron chi connectivity index (χ2n) is 3.92. The fourth-order valence-corrected chi connectivity index (χ4v) is 1.42. The average Bonchev–Trinajstić information content (AvgIpc) is 2.46. The Hall–Kier alpha value is -2.13. The molecular formula is C16H19NO2. The molecule has 0 saturated carbocycles. The first-order chi connectivity index (χ1) is 9.21. The molecule has 0 bridgehead atoms. The molecule has 3 nitrogen and oxygen atoms in total. The SMILES string of the molecule is C=C/C(=C\C=C/C)C(=N)COc1ccc(CO)cc1. The van der Waals surface area contributed by atoms with Crippen LogP contribution in [0, 0.1) is 5.41 Å². The van der Waals surface area contributed by atoms with Crippen LogP contribution < -0.4 is 4.74 Å². The Morgan fingerprint density at radius 3 is 2.58 bits per heavy atom. The number of hydrogen-bond donors (Lipinski definition) is 2. The number of hydrogen-bond acceptors (Lipinski definition) is 3. The van der Waals surface area contributed by atoms with Gasteiger partial charge in [-0.2, -0.15) is 0 Å². The van der Waals surface area contributed by atoms with Crippen LogP contribution in [0.3, 0.4) is 0 Å². The number of ether oxygens (including phenoxy) is 1. The van der Waals surface area contributed by atoms with Crippen molar-refractivity contribution in [2.24, 2.45) is 0 Å². The Labute approximate surface area is 114 Å². The van der Waals surface area contributed by atoms with Crippen LogP contribution in [0.2, 0.25) is 0 Å². The summed E-state index contributed by atoms with van der Waals surface area (Å²) in [5.41, 5.74) is 1.95. The first-order valence-electron chi connectivity index (χ1n) is 6.07. The molecular weight excluding hydrogens is 238 g/mol. The predicted molar refractivity (Wildman–Crippen MR) is 78.7 cm³/mol. The average molecular weight is 257 g/mol. The molecule has 0 atom stereocenters. The highest BCUT2D eigenvalue weighted by Gasteiger charge is 2.02. The van der Waals surface area contributed by atoms with E-state index in [0.29, 0.717) is 11.5 Å². The smallest absolute Gasteiger partial charge is 0.130 e. The topological polar surface area (TPSA) is 53.3 Å². The van der Waals surface area contributed by atoms with Crippen LogP contribution in [0.25, 0.3) is 0 Å². The molecule has 0 unspecified atom stereocenters. The van der Waals surface area contributed by atoms with Crippen LogP contribution in [-0.2, 0) is 6.61 Å². The lowest BCUT2D eigenvalue weighted by Gasteiger charge is -2.08. The number of aliphatic hydroxyl groups excluding tert-OH is 1. The van der Waals surface area contributed by atoms with E-state index in [4.69, 9.17) is 15.3 Å². The summed E-state index contributed by atoms with van der Waals surface area (Å²) < 4.78 is 5.51. The van der Waals surface area contributed by atoms with Crippen LogP contribution in [-0.4, -0.2) is 17.4 Å². The molecule has 19 heavy (non-hydrogen) atoms. The maximum Gasteiger partial charge on any atom is 0.130 e. The van der Waals surface area contributed by atoms with Crippen molar-refractivity contribution >= 4 is 5.71 Å². The molecule has 100 valence electrons. The van der Waals surface area contributed by atoms with E-state index in [-0.39, 0.29) is 13.2 Å². The predicted octanol–water partition coefficient (Wildman–Crippen LogP) is 3.27. The fraction of sp³-hybridized carbons (Fsp3) is 0.188. The summed E-state index contributed by atoms with van der Waals surface area (Å²) in [4.78, 5) is 0. The van der Waals surface area contributed by atoms with Crippen LogP contribution in [0.5, 0.6) is 5.75 Å². The van der Waals surface area contributed by atoms with Crippen molar-refractivity contribution in [1.82, 2.24) is 0 Å². The minimum absolute atomic E-state index is 0.0167. The van der Waals surface area contributed by atoms with Gasteiger partial charge in [-0.05, 0) is 30.2 Å². The van der Waals surface area contributed by atoms with Gasteiger partial charge in [-0.25, -0.2) is 0 Å². The summed E-state index contributed by atoms with van der Waals surface area (Å²) in [6, 6.07) is 7.15. The highest BCUT2D eigenvalue weighted by molar-refractivity contribution is 6.01. The number of allylic oxidation sites excluding steroid dienone is 4. The monoisotopic (exact) mass is 257 g/mol. The second kappa shape index (κ2) is 8.06. The molecule has 0 spiro atoms. The van der Waals surface area contributed by atoms with Gasteiger partial charge in [-0.1, -0.05) is 43.0 Å². The lowest BCUT2D eigenvalue weighted by Crippen LogP contribution is -2.11. The quantitative estimate of drug-likeness (QED) is 0.582. The molecule has 0 aromatic heterocycles. The van der Waals surface area contributed by atoms with Crippen molar-refractivity contribution in [3.8, 4) is 5.75 Å². The normalized spacial score (nSPS) is 11.6. The van der Waals surface area contributed by atoms with Crippen LogP contribution >= 0.6 is 0 Å². The van der Waals surface area contributed by atoms with Gasteiger partial charge in [0.1, 0.15) is 12.4 Å². The van der Waals surface area contributed by atoms with Crippen molar-refractivity contribution in [1.29, 1.82) is 5.41 Å². The highest BCUT2D eigenvalue weighted by Crippen LogP contribution is 2.12. The molecule has 0 radical (unpaired) electrons. The fourth-order valence-electron chi connectivity index (χ4n) is 1.42. The number of rotatable bonds is 7. The van der Waals surface area contributed by atoms with Crippen molar-refractivity contribution in [3.63, 3.8) is 0 Å². The second-order valence-corrected chi connectivity index (χ2v) is 3.92. The maximum atomic E-state index is 8.93. The Balaban J connectivity index is 2.59. The minimum atomic E-state index is 0.0167. The van der Waals surface area contributed by atoms with Gasteiger partial charge < -0.3 is 15.3 Å². The third-order valence-electron chi connectivity index (χ3n) is 2.53. The Morgan fingerprint density at radius 2 is 2.05 bits per heavy atom. The van der Waals surface area contributed by atoms with Gasteiger partial charge in [0.05, 0.1) is 12.3 Å². The van der Waals surface area contributed by atoms with Crippen LogP contribution in [0.4, 0.5) is 0 Å².